The van der Waals surface area contributed by atoms with E-state index in [1.165, 1.54) is 0 Å². The lowest BCUT2D eigenvalue weighted by Gasteiger charge is -2.24. The Hall–Kier alpha value is -1.33. The van der Waals surface area contributed by atoms with Gasteiger partial charge in [-0.05, 0) is 43.9 Å². The van der Waals surface area contributed by atoms with E-state index >= 15 is 0 Å². The molecule has 0 spiro atoms. The molecular formula is C14H19NO3S. The molecule has 1 aliphatic carbocycles. The zero-order valence-electron chi connectivity index (χ0n) is 11.1. The minimum Gasteiger partial charge on any atom is -0.389 e. The van der Waals surface area contributed by atoms with Gasteiger partial charge in [0.1, 0.15) is 0 Å². The summed E-state index contributed by atoms with van der Waals surface area (Å²) in [4.78, 5) is 0.243. The predicted octanol–water partition coefficient (Wildman–Crippen LogP) is 1.95. The van der Waals surface area contributed by atoms with Gasteiger partial charge < -0.3 is 5.11 Å². The summed E-state index contributed by atoms with van der Waals surface area (Å²) in [5.74, 6) is 0.174. The SMILES string of the molecule is Cc1ccc(S(=O)(=O)NC2=C[C@@H](O)[C@H](C)CC2)cc1. The average Bonchev–Trinajstić information content (AvgIpc) is 2.34. The highest BCUT2D eigenvalue weighted by atomic mass is 32.2. The number of aryl methyl sites for hydroxylation is 1. The Morgan fingerprint density at radius 1 is 1.26 bits per heavy atom. The number of hydrogen-bond donors (Lipinski definition) is 2. The third-order valence-electron chi connectivity index (χ3n) is 3.42. The molecule has 1 aromatic carbocycles. The minimum atomic E-state index is -3.55. The Morgan fingerprint density at radius 2 is 1.89 bits per heavy atom. The first-order chi connectivity index (χ1) is 8.88. The van der Waals surface area contributed by atoms with Crippen LogP contribution in [-0.2, 0) is 10.0 Å². The van der Waals surface area contributed by atoms with Crippen LogP contribution in [0.1, 0.15) is 25.3 Å². The summed E-state index contributed by atoms with van der Waals surface area (Å²) in [7, 11) is -3.55. The summed E-state index contributed by atoms with van der Waals surface area (Å²) < 4.78 is 26.9. The lowest BCUT2D eigenvalue weighted by atomic mass is 9.92. The van der Waals surface area contributed by atoms with Crippen molar-refractivity contribution in [1.29, 1.82) is 0 Å². The first-order valence-electron chi connectivity index (χ1n) is 6.37. The van der Waals surface area contributed by atoms with Gasteiger partial charge in [0.2, 0.25) is 0 Å². The molecule has 2 atom stereocenters. The first kappa shape index (κ1) is 14.1. The summed E-state index contributed by atoms with van der Waals surface area (Å²) in [6.07, 6.45) is 2.44. The van der Waals surface area contributed by atoms with Crippen LogP contribution < -0.4 is 4.72 Å². The van der Waals surface area contributed by atoms with Crippen molar-refractivity contribution in [2.45, 2.75) is 37.7 Å². The maximum atomic E-state index is 12.2. The third kappa shape index (κ3) is 3.36. The Balaban J connectivity index is 2.18. The van der Waals surface area contributed by atoms with Crippen molar-refractivity contribution < 1.29 is 13.5 Å². The molecule has 0 fully saturated rings. The lowest BCUT2D eigenvalue weighted by Crippen LogP contribution is -2.29. The third-order valence-corrected chi connectivity index (χ3v) is 4.84. The van der Waals surface area contributed by atoms with Crippen molar-refractivity contribution in [2.75, 3.05) is 0 Å². The molecule has 0 bridgehead atoms. The van der Waals surface area contributed by atoms with E-state index in [9.17, 15) is 13.5 Å². The number of hydrogen-bond acceptors (Lipinski definition) is 3. The quantitative estimate of drug-likeness (QED) is 0.890. The molecule has 0 aliphatic heterocycles. The van der Waals surface area contributed by atoms with E-state index < -0.39 is 16.1 Å². The molecule has 4 nitrogen and oxygen atoms in total. The van der Waals surface area contributed by atoms with Crippen molar-refractivity contribution in [3.05, 3.63) is 41.6 Å². The normalized spacial score (nSPS) is 23.8. The Morgan fingerprint density at radius 3 is 2.47 bits per heavy atom. The fourth-order valence-electron chi connectivity index (χ4n) is 2.04. The molecule has 0 amide bonds. The lowest BCUT2D eigenvalue weighted by molar-refractivity contribution is 0.148. The number of aliphatic hydroxyl groups is 1. The van der Waals surface area contributed by atoms with Crippen LogP contribution in [0.3, 0.4) is 0 Å². The molecule has 0 heterocycles. The van der Waals surface area contributed by atoms with E-state index in [-0.39, 0.29) is 10.8 Å². The highest BCUT2D eigenvalue weighted by molar-refractivity contribution is 7.89. The first-order valence-corrected chi connectivity index (χ1v) is 7.85. The predicted molar refractivity (Wildman–Crippen MR) is 74.0 cm³/mol. The van der Waals surface area contributed by atoms with E-state index in [0.717, 1.165) is 12.0 Å². The fourth-order valence-corrected chi connectivity index (χ4v) is 3.17. The second kappa shape index (κ2) is 5.35. The van der Waals surface area contributed by atoms with Gasteiger partial charge in [-0.25, -0.2) is 8.42 Å². The second-order valence-corrected chi connectivity index (χ2v) is 6.80. The molecule has 5 heteroatoms. The Labute approximate surface area is 114 Å². The second-order valence-electron chi connectivity index (χ2n) is 5.12. The Bertz CT molecular complexity index is 575. The molecule has 0 saturated heterocycles. The van der Waals surface area contributed by atoms with Gasteiger partial charge in [-0.3, -0.25) is 4.72 Å². The molecule has 2 rings (SSSR count). The van der Waals surface area contributed by atoms with Crippen LogP contribution in [0.15, 0.2) is 40.9 Å². The summed E-state index contributed by atoms with van der Waals surface area (Å²) in [5, 5.41) is 9.74. The zero-order chi connectivity index (χ0) is 14.0. The van der Waals surface area contributed by atoms with E-state index in [0.29, 0.717) is 12.1 Å². The minimum absolute atomic E-state index is 0.174. The van der Waals surface area contributed by atoms with Crippen LogP contribution in [0.4, 0.5) is 0 Å². The van der Waals surface area contributed by atoms with Gasteiger partial charge >= 0.3 is 0 Å². The summed E-state index contributed by atoms with van der Waals surface area (Å²) in [5.41, 5.74) is 1.59. The number of allylic oxidation sites excluding steroid dienone is 1. The van der Waals surface area contributed by atoms with Gasteiger partial charge in [-0.15, -0.1) is 0 Å². The fraction of sp³-hybridized carbons (Fsp3) is 0.429. The standard InChI is InChI=1S/C14H19NO3S/c1-10-3-7-13(8-4-10)19(17,18)15-12-6-5-11(2)14(16)9-12/h3-4,7-9,11,14-16H,5-6H2,1-2H3/t11-,14-/m1/s1. The maximum Gasteiger partial charge on any atom is 0.261 e. The average molecular weight is 281 g/mol. The molecule has 104 valence electrons. The van der Waals surface area contributed by atoms with E-state index in [2.05, 4.69) is 4.72 Å². The summed E-state index contributed by atoms with van der Waals surface area (Å²) in [6, 6.07) is 6.70. The van der Waals surface area contributed by atoms with Crippen LogP contribution in [-0.4, -0.2) is 19.6 Å². The number of benzene rings is 1. The molecule has 1 aliphatic rings. The van der Waals surface area contributed by atoms with Crippen LogP contribution in [0.5, 0.6) is 0 Å². The van der Waals surface area contributed by atoms with Crippen molar-refractivity contribution in [1.82, 2.24) is 4.72 Å². The largest absolute Gasteiger partial charge is 0.389 e. The molecular weight excluding hydrogens is 262 g/mol. The monoisotopic (exact) mass is 281 g/mol. The zero-order valence-corrected chi connectivity index (χ0v) is 11.9. The maximum absolute atomic E-state index is 12.2. The van der Waals surface area contributed by atoms with Crippen molar-refractivity contribution in [2.24, 2.45) is 5.92 Å². The molecule has 0 aromatic heterocycles. The number of sulfonamides is 1. The van der Waals surface area contributed by atoms with Crippen LogP contribution in [0, 0.1) is 12.8 Å². The summed E-state index contributed by atoms with van der Waals surface area (Å²) in [6.45, 7) is 3.86. The smallest absolute Gasteiger partial charge is 0.261 e. The molecule has 19 heavy (non-hydrogen) atoms. The molecule has 0 saturated carbocycles. The van der Waals surface area contributed by atoms with Crippen LogP contribution in [0.2, 0.25) is 0 Å². The van der Waals surface area contributed by atoms with Crippen molar-refractivity contribution in [3.8, 4) is 0 Å². The topological polar surface area (TPSA) is 66.4 Å². The molecule has 2 N–H and O–H groups in total. The molecule has 0 unspecified atom stereocenters. The van der Waals surface area contributed by atoms with Crippen LogP contribution >= 0.6 is 0 Å². The van der Waals surface area contributed by atoms with E-state index in [1.54, 1.807) is 30.3 Å². The highest BCUT2D eigenvalue weighted by Gasteiger charge is 2.22. The van der Waals surface area contributed by atoms with Crippen LogP contribution in [0.25, 0.3) is 0 Å². The number of nitrogens with one attached hydrogen (secondary N) is 1. The molecule has 0 radical (unpaired) electrons. The Kier molecular flexibility index (Phi) is 3.96. The van der Waals surface area contributed by atoms with E-state index in [1.807, 2.05) is 13.8 Å². The van der Waals surface area contributed by atoms with Gasteiger partial charge in [0.15, 0.2) is 0 Å². The van der Waals surface area contributed by atoms with Crippen molar-refractivity contribution in [3.63, 3.8) is 0 Å². The van der Waals surface area contributed by atoms with E-state index in [4.69, 9.17) is 0 Å². The van der Waals surface area contributed by atoms with Gasteiger partial charge in [0, 0.05) is 5.70 Å². The number of rotatable bonds is 3. The van der Waals surface area contributed by atoms with Crippen molar-refractivity contribution >= 4 is 10.0 Å². The molecule has 1 aromatic rings. The summed E-state index contributed by atoms with van der Waals surface area (Å²) >= 11 is 0. The van der Waals surface area contributed by atoms with Gasteiger partial charge in [-0.2, -0.15) is 0 Å². The van der Waals surface area contributed by atoms with Gasteiger partial charge in [0.05, 0.1) is 11.0 Å². The van der Waals surface area contributed by atoms with Gasteiger partial charge in [-0.1, -0.05) is 24.6 Å². The highest BCUT2D eigenvalue weighted by Crippen LogP contribution is 2.23. The number of aliphatic hydroxyl groups excluding tert-OH is 1. The van der Waals surface area contributed by atoms with Gasteiger partial charge in [0.25, 0.3) is 10.0 Å².